The summed E-state index contributed by atoms with van der Waals surface area (Å²) >= 11 is 0. The van der Waals surface area contributed by atoms with Crippen LogP contribution in [0, 0.1) is 23.7 Å². The molecule has 6 unspecified atom stereocenters. The Hall–Kier alpha value is -1.31. The van der Waals surface area contributed by atoms with Gasteiger partial charge >= 0.3 is 0 Å². The second-order valence-corrected chi connectivity index (χ2v) is 13.1. The average molecular weight is 492 g/mol. The number of nitrogens with zero attached hydrogens (tertiary/aromatic N) is 1. The summed E-state index contributed by atoms with van der Waals surface area (Å²) in [6.45, 7) is 1.03. The topological polar surface area (TPSA) is 20.3 Å². The van der Waals surface area contributed by atoms with Crippen molar-refractivity contribution in [2.45, 2.75) is 140 Å². The second-order valence-electron chi connectivity index (χ2n) is 13.1. The lowest BCUT2D eigenvalue weighted by Gasteiger charge is -2.39. The van der Waals surface area contributed by atoms with Crippen LogP contribution in [0.5, 0.6) is 0 Å². The molecule has 0 N–H and O–H groups in total. The minimum Gasteiger partial charge on any atom is -0.340 e. The Labute approximate surface area is 222 Å². The second kappa shape index (κ2) is 13.5. The van der Waals surface area contributed by atoms with Gasteiger partial charge in [-0.05, 0) is 92.9 Å². The van der Waals surface area contributed by atoms with Gasteiger partial charge in [-0.1, -0.05) is 94.5 Å². The van der Waals surface area contributed by atoms with Gasteiger partial charge in [0.1, 0.15) is 0 Å². The molecule has 2 heteroatoms. The number of amides is 1. The Morgan fingerprint density at radius 2 is 1.08 bits per heavy atom. The smallest absolute Gasteiger partial charge is 0.222 e. The van der Waals surface area contributed by atoms with Gasteiger partial charge in [0.2, 0.25) is 5.91 Å². The number of fused-ring (bicyclic) bond motifs is 1. The average Bonchev–Trinajstić information content (AvgIpc) is 2.97. The van der Waals surface area contributed by atoms with Crippen molar-refractivity contribution in [3.63, 3.8) is 0 Å². The van der Waals surface area contributed by atoms with Crippen LogP contribution in [-0.2, 0) is 4.79 Å². The SMILES string of the molecule is O=C1CCCCN1C1CCCCC(C2CCCC3CCCC(c4ccccc4)CCCC3CC2)CC1. The van der Waals surface area contributed by atoms with Gasteiger partial charge in [0.05, 0.1) is 0 Å². The zero-order valence-corrected chi connectivity index (χ0v) is 23.1. The third kappa shape index (κ3) is 6.96. The van der Waals surface area contributed by atoms with Crippen LogP contribution in [0.3, 0.4) is 0 Å². The van der Waals surface area contributed by atoms with Crippen LogP contribution >= 0.6 is 0 Å². The number of carbonyl (C=O) groups is 1. The number of hydrogen-bond donors (Lipinski definition) is 0. The summed E-state index contributed by atoms with van der Waals surface area (Å²) in [5, 5.41) is 0. The first-order valence-corrected chi connectivity index (χ1v) is 16.1. The maximum Gasteiger partial charge on any atom is 0.222 e. The molecule has 4 aliphatic rings. The molecule has 1 aromatic carbocycles. The first kappa shape index (κ1) is 26.3. The summed E-state index contributed by atoms with van der Waals surface area (Å²) in [7, 11) is 0. The highest BCUT2D eigenvalue weighted by atomic mass is 16.2. The molecule has 3 aliphatic carbocycles. The van der Waals surface area contributed by atoms with Crippen LogP contribution in [0.25, 0.3) is 0 Å². The lowest BCUT2D eigenvalue weighted by Crippen LogP contribution is -2.44. The molecule has 0 spiro atoms. The standard InChI is InChI=1S/C34H53NO/c36-34-21-6-7-26-35(34)33-20-5-4-13-30(24-25-33)32-19-10-17-29-16-8-14-28(27-11-2-1-3-12-27)15-9-18-31(29)22-23-32/h1-3,11-12,28-33H,4-10,13-26H2. The van der Waals surface area contributed by atoms with E-state index in [9.17, 15) is 4.79 Å². The van der Waals surface area contributed by atoms with E-state index in [2.05, 4.69) is 35.2 Å². The molecule has 4 fully saturated rings. The van der Waals surface area contributed by atoms with Gasteiger partial charge in [0.15, 0.2) is 0 Å². The fraction of sp³-hybridized carbons (Fsp3) is 0.794. The van der Waals surface area contributed by atoms with E-state index in [0.29, 0.717) is 11.9 Å². The van der Waals surface area contributed by atoms with Gasteiger partial charge in [-0.25, -0.2) is 0 Å². The van der Waals surface area contributed by atoms with E-state index in [-0.39, 0.29) is 0 Å². The molecule has 6 atom stereocenters. The molecule has 0 bridgehead atoms. The molecular weight excluding hydrogens is 438 g/mol. The molecule has 0 radical (unpaired) electrons. The van der Waals surface area contributed by atoms with E-state index >= 15 is 0 Å². The van der Waals surface area contributed by atoms with Crippen molar-refractivity contribution in [2.75, 3.05) is 6.54 Å². The number of rotatable bonds is 3. The number of carbonyl (C=O) groups excluding carboxylic acids is 1. The van der Waals surface area contributed by atoms with Gasteiger partial charge in [0, 0.05) is 19.0 Å². The molecule has 1 amide bonds. The summed E-state index contributed by atoms with van der Waals surface area (Å²) in [6, 6.07) is 11.9. The van der Waals surface area contributed by atoms with E-state index in [4.69, 9.17) is 0 Å². The van der Waals surface area contributed by atoms with E-state index in [1.165, 1.54) is 116 Å². The molecule has 0 aromatic heterocycles. The maximum atomic E-state index is 12.6. The molecule has 1 aromatic rings. The highest BCUT2D eigenvalue weighted by Crippen LogP contribution is 2.43. The Bertz CT molecular complexity index is 790. The lowest BCUT2D eigenvalue weighted by atomic mass is 9.70. The number of likely N-dealkylation sites (tertiary alicyclic amines) is 1. The Balaban J connectivity index is 1.15. The monoisotopic (exact) mass is 491 g/mol. The van der Waals surface area contributed by atoms with E-state index in [0.717, 1.165) is 49.0 Å². The van der Waals surface area contributed by atoms with Crippen LogP contribution in [-0.4, -0.2) is 23.4 Å². The number of hydrogen-bond acceptors (Lipinski definition) is 1. The lowest BCUT2D eigenvalue weighted by molar-refractivity contribution is -0.136. The Morgan fingerprint density at radius 3 is 1.75 bits per heavy atom. The highest BCUT2D eigenvalue weighted by Gasteiger charge is 2.32. The Morgan fingerprint density at radius 1 is 0.528 bits per heavy atom. The molecule has 1 saturated heterocycles. The van der Waals surface area contributed by atoms with E-state index in [1.54, 1.807) is 5.56 Å². The van der Waals surface area contributed by atoms with E-state index in [1.807, 2.05) is 0 Å². The molecule has 5 rings (SSSR count). The van der Waals surface area contributed by atoms with Gasteiger partial charge < -0.3 is 4.90 Å². The summed E-state index contributed by atoms with van der Waals surface area (Å²) < 4.78 is 0. The first-order chi connectivity index (χ1) is 17.8. The molecule has 1 heterocycles. The maximum absolute atomic E-state index is 12.6. The van der Waals surface area contributed by atoms with Crippen LogP contribution in [0.1, 0.15) is 140 Å². The summed E-state index contributed by atoms with van der Waals surface area (Å²) in [6.07, 6.45) is 27.3. The number of benzene rings is 1. The summed E-state index contributed by atoms with van der Waals surface area (Å²) in [4.78, 5) is 14.9. The predicted molar refractivity (Wildman–Crippen MR) is 151 cm³/mol. The van der Waals surface area contributed by atoms with Crippen LogP contribution in [0.2, 0.25) is 0 Å². The van der Waals surface area contributed by atoms with Crippen molar-refractivity contribution in [1.29, 1.82) is 0 Å². The van der Waals surface area contributed by atoms with Gasteiger partial charge in [-0.2, -0.15) is 0 Å². The van der Waals surface area contributed by atoms with Crippen LogP contribution in [0.15, 0.2) is 30.3 Å². The summed E-state index contributed by atoms with van der Waals surface area (Å²) in [5.41, 5.74) is 1.59. The van der Waals surface area contributed by atoms with Crippen molar-refractivity contribution in [2.24, 2.45) is 23.7 Å². The fourth-order valence-electron chi connectivity index (χ4n) is 8.85. The minimum atomic E-state index is 0.454. The predicted octanol–water partition coefficient (Wildman–Crippen LogP) is 9.29. The molecular formula is C34H53NO. The Kier molecular flexibility index (Phi) is 9.85. The quantitative estimate of drug-likeness (QED) is 0.412. The van der Waals surface area contributed by atoms with Crippen molar-refractivity contribution in [3.8, 4) is 0 Å². The molecule has 1 aliphatic heterocycles. The van der Waals surface area contributed by atoms with Gasteiger partial charge in [0.25, 0.3) is 0 Å². The largest absolute Gasteiger partial charge is 0.340 e. The van der Waals surface area contributed by atoms with Crippen molar-refractivity contribution in [1.82, 2.24) is 4.90 Å². The minimum absolute atomic E-state index is 0.454. The van der Waals surface area contributed by atoms with Crippen molar-refractivity contribution >= 4 is 5.91 Å². The molecule has 3 saturated carbocycles. The molecule has 2 nitrogen and oxygen atoms in total. The van der Waals surface area contributed by atoms with Crippen LogP contribution in [0.4, 0.5) is 0 Å². The summed E-state index contributed by atoms with van der Waals surface area (Å²) in [5.74, 6) is 5.09. The normalized spacial score (nSPS) is 35.7. The highest BCUT2D eigenvalue weighted by molar-refractivity contribution is 5.77. The van der Waals surface area contributed by atoms with Crippen molar-refractivity contribution < 1.29 is 4.79 Å². The van der Waals surface area contributed by atoms with Gasteiger partial charge in [-0.3, -0.25) is 4.79 Å². The molecule has 36 heavy (non-hydrogen) atoms. The van der Waals surface area contributed by atoms with Crippen LogP contribution < -0.4 is 0 Å². The third-order valence-corrected chi connectivity index (χ3v) is 11.0. The molecule has 200 valence electrons. The van der Waals surface area contributed by atoms with Gasteiger partial charge in [-0.15, -0.1) is 0 Å². The zero-order chi connectivity index (χ0) is 24.6. The number of piperidine rings is 1. The zero-order valence-electron chi connectivity index (χ0n) is 23.1. The van der Waals surface area contributed by atoms with Crippen molar-refractivity contribution in [3.05, 3.63) is 35.9 Å². The van der Waals surface area contributed by atoms with E-state index < -0.39 is 0 Å². The first-order valence-electron chi connectivity index (χ1n) is 16.1. The fourth-order valence-corrected chi connectivity index (χ4v) is 8.85. The third-order valence-electron chi connectivity index (χ3n) is 11.0.